The maximum absolute atomic E-state index is 11.8. The van der Waals surface area contributed by atoms with Gasteiger partial charge in [-0.05, 0) is 0 Å². The van der Waals surface area contributed by atoms with E-state index in [-0.39, 0.29) is 11.2 Å². The molecule has 11 heteroatoms. The first-order valence-electron chi connectivity index (χ1n) is 4.04. The monoisotopic (exact) mass is 244 g/mol. The van der Waals surface area contributed by atoms with Crippen molar-refractivity contribution in [2.75, 3.05) is 0 Å². The van der Waals surface area contributed by atoms with E-state index in [2.05, 4.69) is 9.61 Å². The van der Waals surface area contributed by atoms with Crippen molar-refractivity contribution >= 4 is 19.0 Å². The molecule has 2 aromatic rings. The Morgan fingerprint density at radius 3 is 2.75 bits per heavy atom. The predicted molar refractivity (Wildman–Crippen MR) is 45.6 cm³/mol. The molecule has 3 aliphatic heterocycles. The fourth-order valence-corrected chi connectivity index (χ4v) is 2.70. The second kappa shape index (κ2) is 2.00. The van der Waals surface area contributed by atoms with Crippen LogP contribution >= 0.6 is 7.82 Å². The van der Waals surface area contributed by atoms with Crippen LogP contribution in [0.25, 0.3) is 11.2 Å². The predicted octanol–water partition coefficient (Wildman–Crippen LogP) is -2.22. The van der Waals surface area contributed by atoms with E-state index in [1.54, 1.807) is 0 Å². The third-order valence-electron chi connectivity index (χ3n) is 2.20. The molecule has 0 amide bonds. The van der Waals surface area contributed by atoms with Crippen LogP contribution in [0.3, 0.4) is 0 Å². The fourth-order valence-electron chi connectivity index (χ4n) is 1.58. The summed E-state index contributed by atoms with van der Waals surface area (Å²) in [5, 5.41) is 0. The number of aromatic nitrogens is 4. The molecule has 0 radical (unpaired) electrons. The summed E-state index contributed by atoms with van der Waals surface area (Å²) in [5.41, 5.74) is -1.85. The van der Waals surface area contributed by atoms with Gasteiger partial charge in [-0.25, -0.2) is 9.78 Å². The summed E-state index contributed by atoms with van der Waals surface area (Å²) in [6.45, 7) is 0. The normalized spacial score (nSPS) is 24.2. The zero-order chi connectivity index (χ0) is 11.1. The maximum Gasteiger partial charge on any atom is 0.706 e. The van der Waals surface area contributed by atoms with Crippen LogP contribution in [0.15, 0.2) is 15.9 Å². The zero-order valence-corrected chi connectivity index (χ0v) is 8.16. The largest absolute Gasteiger partial charge is 0.706 e. The quantitative estimate of drug-likeness (QED) is 0.483. The summed E-state index contributed by atoms with van der Waals surface area (Å²) in [6.07, 6.45) is 1.11. The van der Waals surface area contributed by atoms with Gasteiger partial charge in [-0.15, -0.1) is 0 Å². The number of hydrogen-bond donors (Lipinski definition) is 0. The first kappa shape index (κ1) is 7.99. The Morgan fingerprint density at radius 1 is 1.19 bits per heavy atom. The van der Waals surface area contributed by atoms with Gasteiger partial charge in [-0.3, -0.25) is 18.7 Å². The van der Waals surface area contributed by atoms with Crippen molar-refractivity contribution in [1.29, 1.82) is 0 Å². The Hall–Kier alpha value is -2.22. The van der Waals surface area contributed by atoms with Crippen molar-refractivity contribution in [2.24, 2.45) is 0 Å². The summed E-state index contributed by atoms with van der Waals surface area (Å²) >= 11 is 0. The van der Waals surface area contributed by atoms with Gasteiger partial charge in [0, 0.05) is 0 Å². The number of phosphoric acid groups is 1. The van der Waals surface area contributed by atoms with Crippen LogP contribution in [0.5, 0.6) is 0 Å². The van der Waals surface area contributed by atoms with Crippen LogP contribution in [0.2, 0.25) is 0 Å². The molecule has 2 aromatic heterocycles. The lowest BCUT2D eigenvalue weighted by atomic mass is 10.5. The fraction of sp³-hybridized carbons (Fsp3) is 0. The minimum Gasteiger partial charge on any atom is -0.288 e. The van der Waals surface area contributed by atoms with Gasteiger partial charge in [-0.2, -0.15) is 9.30 Å². The van der Waals surface area contributed by atoms with Crippen LogP contribution in [0, 0.1) is 0 Å². The van der Waals surface area contributed by atoms with Crippen LogP contribution in [-0.2, 0) is 4.57 Å². The lowest BCUT2D eigenvalue weighted by molar-refractivity contribution is 0.0561. The summed E-state index contributed by atoms with van der Waals surface area (Å²) in [7, 11) is -4.04. The minimum absolute atomic E-state index is 0.0627. The molecule has 0 spiro atoms. The standard InChI is InChI=1S/C5HN4O6P/c10-4-2-3-6-1-7(2)13-16(12)14-8(3)5(11)9(4)15-16/h1H. The molecule has 0 saturated carbocycles. The molecule has 0 N–H and O–H groups in total. The maximum atomic E-state index is 11.8. The average molecular weight is 244 g/mol. The van der Waals surface area contributed by atoms with E-state index in [4.69, 9.17) is 9.25 Å². The lowest BCUT2D eigenvalue weighted by Crippen LogP contribution is -2.49. The smallest absolute Gasteiger partial charge is 0.288 e. The molecule has 0 fully saturated rings. The Labute approximate surface area is 84.7 Å². The van der Waals surface area contributed by atoms with Gasteiger partial charge in [0.05, 0.1) is 0 Å². The molecule has 1 unspecified atom stereocenters. The summed E-state index contributed by atoms with van der Waals surface area (Å²) in [6, 6.07) is 0. The molecule has 0 saturated heterocycles. The van der Waals surface area contributed by atoms with E-state index in [0.29, 0.717) is 9.46 Å². The highest BCUT2D eigenvalue weighted by Crippen LogP contribution is 2.42. The van der Waals surface area contributed by atoms with Crippen LogP contribution in [-0.4, -0.2) is 19.2 Å². The second-order valence-electron chi connectivity index (χ2n) is 3.11. The molecule has 5 heterocycles. The Morgan fingerprint density at radius 2 is 1.94 bits per heavy atom. The number of nitrogens with zero attached hydrogens (tertiary/aromatic N) is 4. The van der Waals surface area contributed by atoms with Gasteiger partial charge < -0.3 is 0 Å². The molecule has 16 heavy (non-hydrogen) atoms. The summed E-state index contributed by atoms with van der Waals surface area (Å²) < 4.78 is 27.7. The first-order chi connectivity index (χ1) is 7.59. The van der Waals surface area contributed by atoms with Gasteiger partial charge in [0.1, 0.15) is 6.33 Å². The molecule has 3 aliphatic rings. The highest BCUT2D eigenvalue weighted by Gasteiger charge is 2.47. The van der Waals surface area contributed by atoms with Crippen LogP contribution < -0.4 is 25.1 Å². The van der Waals surface area contributed by atoms with E-state index < -0.39 is 19.1 Å². The van der Waals surface area contributed by atoms with E-state index in [0.717, 1.165) is 11.1 Å². The minimum atomic E-state index is -4.04. The Balaban J connectivity index is 2.46. The molecule has 1 atom stereocenters. The molecule has 10 nitrogen and oxygen atoms in total. The molecule has 82 valence electrons. The Bertz CT molecular complexity index is 813. The van der Waals surface area contributed by atoms with Crippen LogP contribution in [0.1, 0.15) is 0 Å². The van der Waals surface area contributed by atoms with E-state index in [1.807, 2.05) is 0 Å². The van der Waals surface area contributed by atoms with Crippen molar-refractivity contribution in [2.45, 2.75) is 0 Å². The van der Waals surface area contributed by atoms with E-state index in [9.17, 15) is 14.2 Å². The number of rotatable bonds is 0. The van der Waals surface area contributed by atoms with Gasteiger partial charge >= 0.3 is 19.1 Å². The SMILES string of the molecule is O=c1c2c3ncn2OP2(=O)On1c(=O)n3O2. The molecular formula is C5HN4O6P. The third-order valence-corrected chi connectivity index (χ3v) is 3.30. The van der Waals surface area contributed by atoms with Crippen molar-refractivity contribution in [1.82, 2.24) is 19.2 Å². The van der Waals surface area contributed by atoms with E-state index in [1.165, 1.54) is 0 Å². The second-order valence-corrected chi connectivity index (χ2v) is 4.50. The molecule has 5 rings (SSSR count). The van der Waals surface area contributed by atoms with Crippen LogP contribution in [0.4, 0.5) is 0 Å². The summed E-state index contributed by atoms with van der Waals surface area (Å²) in [5.74, 6) is 0. The van der Waals surface area contributed by atoms with E-state index >= 15 is 0 Å². The average Bonchev–Trinajstić information content (AvgIpc) is 2.53. The van der Waals surface area contributed by atoms with Crippen molar-refractivity contribution in [3.63, 3.8) is 0 Å². The molecule has 6 bridgehead atoms. The van der Waals surface area contributed by atoms with Crippen molar-refractivity contribution in [3.8, 4) is 0 Å². The third kappa shape index (κ3) is 0.653. The van der Waals surface area contributed by atoms with Gasteiger partial charge in [-0.1, -0.05) is 9.46 Å². The lowest BCUT2D eigenvalue weighted by Gasteiger charge is -2.19. The molecular weight excluding hydrogens is 243 g/mol. The first-order valence-corrected chi connectivity index (χ1v) is 5.50. The Kier molecular flexibility index (Phi) is 0.999. The molecule has 0 aliphatic carbocycles. The highest BCUT2D eigenvalue weighted by atomic mass is 31.2. The zero-order valence-electron chi connectivity index (χ0n) is 7.26. The summed E-state index contributed by atoms with van der Waals surface area (Å²) in [4.78, 5) is 27.0. The highest BCUT2D eigenvalue weighted by molar-refractivity contribution is 7.49. The van der Waals surface area contributed by atoms with Gasteiger partial charge in [0.15, 0.2) is 5.52 Å². The van der Waals surface area contributed by atoms with Gasteiger partial charge in [0.2, 0.25) is 5.65 Å². The van der Waals surface area contributed by atoms with Crippen molar-refractivity contribution in [3.05, 3.63) is 27.2 Å². The molecule has 0 aromatic carbocycles. The topological polar surface area (TPSA) is 107 Å². The van der Waals surface area contributed by atoms with Gasteiger partial charge in [0.25, 0.3) is 0 Å². The number of hydrogen-bond acceptors (Lipinski definition) is 7. The van der Waals surface area contributed by atoms with Crippen molar-refractivity contribution < 1.29 is 18.4 Å². The number of imidazole rings is 1.